The number of ether oxygens (including phenoxy) is 3. The molecule has 2 N–H and O–H groups in total. The Morgan fingerprint density at radius 1 is 1.15 bits per heavy atom. The minimum Gasteiger partial charge on any atom is -0.474 e. The van der Waals surface area contributed by atoms with E-state index in [9.17, 15) is 4.79 Å². The van der Waals surface area contributed by atoms with Gasteiger partial charge >= 0.3 is 5.97 Å². The zero-order chi connectivity index (χ0) is 24.0. The van der Waals surface area contributed by atoms with Crippen LogP contribution in [-0.2, 0) is 21.4 Å². The average molecular weight is 463 g/mol. The van der Waals surface area contributed by atoms with Crippen LogP contribution >= 0.6 is 0 Å². The molecule has 8 heteroatoms. The van der Waals surface area contributed by atoms with E-state index in [0.29, 0.717) is 24.5 Å². The molecule has 1 aliphatic carbocycles. The molecular formula is C26H30N4O4. The van der Waals surface area contributed by atoms with Crippen LogP contribution in [0.4, 0.5) is 0 Å². The number of carbonyl (C=O) groups excluding carboxylic acids is 1. The van der Waals surface area contributed by atoms with Crippen LogP contribution in [0.15, 0.2) is 30.6 Å². The van der Waals surface area contributed by atoms with E-state index in [1.165, 1.54) is 0 Å². The van der Waals surface area contributed by atoms with Crippen LogP contribution in [0.3, 0.4) is 0 Å². The van der Waals surface area contributed by atoms with Gasteiger partial charge in [0.15, 0.2) is 0 Å². The number of hydrogen-bond acceptors (Lipinski definition) is 8. The zero-order valence-corrected chi connectivity index (χ0v) is 20.0. The number of pyridine rings is 3. The van der Waals surface area contributed by atoms with Crippen molar-refractivity contribution in [2.45, 2.75) is 63.7 Å². The summed E-state index contributed by atoms with van der Waals surface area (Å²) < 4.78 is 16.8. The third-order valence-corrected chi connectivity index (χ3v) is 6.65. The molecule has 3 aromatic rings. The Balaban J connectivity index is 1.54. The number of esters is 1. The molecule has 34 heavy (non-hydrogen) atoms. The molecule has 1 aliphatic heterocycles. The molecule has 3 aromatic heterocycles. The summed E-state index contributed by atoms with van der Waals surface area (Å²) in [7, 11) is 1.64. The standard InChI is InChI=1S/C26H30N4O4/c1-14-15(2)33-25(31)19-8-5-16(30-23(14)19)9-17-10-20-21(11-28-17)24(34-18-6-7-18)29-12-22(20)26(3,27)13-32-4/h5,8,10-12,14-15,18H,6-7,9,13,27H2,1-4H3/t14-,15+,26-/m0/s1. The van der Waals surface area contributed by atoms with E-state index in [0.717, 1.165) is 46.3 Å². The lowest BCUT2D eigenvalue weighted by Gasteiger charge is -2.27. The van der Waals surface area contributed by atoms with Crippen molar-refractivity contribution >= 4 is 16.7 Å². The van der Waals surface area contributed by atoms with E-state index < -0.39 is 5.54 Å². The van der Waals surface area contributed by atoms with E-state index in [4.69, 9.17) is 29.9 Å². The molecule has 1 saturated carbocycles. The van der Waals surface area contributed by atoms with Crippen LogP contribution in [0.1, 0.15) is 72.5 Å². The van der Waals surface area contributed by atoms with E-state index in [1.807, 2.05) is 39.1 Å². The number of carbonyl (C=O) groups is 1. The minimum absolute atomic E-state index is 0.0315. The van der Waals surface area contributed by atoms with Crippen LogP contribution in [0.2, 0.25) is 0 Å². The summed E-state index contributed by atoms with van der Waals surface area (Å²) in [6.45, 7) is 6.20. The highest BCUT2D eigenvalue weighted by molar-refractivity contribution is 5.92. The summed E-state index contributed by atoms with van der Waals surface area (Å²) in [6, 6.07) is 5.70. The molecule has 0 bridgehead atoms. The summed E-state index contributed by atoms with van der Waals surface area (Å²) in [5, 5.41) is 1.78. The molecule has 8 nitrogen and oxygen atoms in total. The molecule has 1 fully saturated rings. The van der Waals surface area contributed by atoms with Gasteiger partial charge in [0.25, 0.3) is 0 Å². The Morgan fingerprint density at radius 2 is 1.94 bits per heavy atom. The maximum atomic E-state index is 12.2. The fraction of sp³-hybridized carbons (Fsp3) is 0.462. The number of aromatic nitrogens is 3. The Labute approximate surface area is 198 Å². The second-order valence-electron chi connectivity index (χ2n) is 9.68. The fourth-order valence-corrected chi connectivity index (χ4v) is 4.40. The first kappa shape index (κ1) is 22.7. The molecule has 3 atom stereocenters. The van der Waals surface area contributed by atoms with Gasteiger partial charge in [-0.1, -0.05) is 6.92 Å². The number of hydrogen-bond donors (Lipinski definition) is 1. The number of methoxy groups -OCH3 is 1. The Kier molecular flexibility index (Phi) is 5.73. The van der Waals surface area contributed by atoms with Crippen molar-refractivity contribution in [1.29, 1.82) is 0 Å². The predicted molar refractivity (Wildman–Crippen MR) is 127 cm³/mol. The van der Waals surface area contributed by atoms with E-state index in [1.54, 1.807) is 19.4 Å². The number of fused-ring (bicyclic) bond motifs is 2. The number of nitrogens with two attached hydrogens (primary N) is 1. The SMILES string of the molecule is COC[C@](C)(N)c1cnc(OC2CC2)c2cnc(Cc3ccc4c(n3)[C@@H](C)[C@@H](C)OC4=O)cc12. The first-order valence-corrected chi connectivity index (χ1v) is 11.7. The van der Waals surface area contributed by atoms with Crippen LogP contribution in [0, 0.1) is 0 Å². The largest absolute Gasteiger partial charge is 0.474 e. The number of rotatable bonds is 7. The molecule has 0 unspecified atom stereocenters. The molecule has 5 rings (SSSR count). The van der Waals surface area contributed by atoms with Crippen molar-refractivity contribution in [3.8, 4) is 5.88 Å². The number of cyclic esters (lactones) is 1. The summed E-state index contributed by atoms with van der Waals surface area (Å²) in [6.07, 6.45) is 6.22. The highest BCUT2D eigenvalue weighted by Gasteiger charge is 2.32. The van der Waals surface area contributed by atoms with Crippen molar-refractivity contribution in [1.82, 2.24) is 15.0 Å². The number of nitrogens with zero attached hydrogens (tertiary/aromatic N) is 3. The molecule has 0 spiro atoms. The smallest absolute Gasteiger partial charge is 0.340 e. The monoisotopic (exact) mass is 462 g/mol. The second-order valence-corrected chi connectivity index (χ2v) is 9.68. The highest BCUT2D eigenvalue weighted by Crippen LogP contribution is 2.35. The Morgan fingerprint density at radius 3 is 2.68 bits per heavy atom. The quantitative estimate of drug-likeness (QED) is 0.530. The first-order chi connectivity index (χ1) is 16.3. The van der Waals surface area contributed by atoms with Crippen molar-refractivity contribution in [3.05, 3.63) is 58.8 Å². The lowest BCUT2D eigenvalue weighted by molar-refractivity contribution is 0.0234. The van der Waals surface area contributed by atoms with Crippen LogP contribution in [-0.4, -0.2) is 46.8 Å². The Bertz CT molecular complexity index is 1260. The summed E-state index contributed by atoms with van der Waals surface area (Å²) in [5.74, 6) is 0.301. The van der Waals surface area contributed by atoms with Gasteiger partial charge in [0, 0.05) is 48.8 Å². The van der Waals surface area contributed by atoms with Gasteiger partial charge in [-0.25, -0.2) is 9.78 Å². The van der Waals surface area contributed by atoms with Gasteiger partial charge in [-0.05, 0) is 50.3 Å². The fourth-order valence-electron chi connectivity index (χ4n) is 4.40. The van der Waals surface area contributed by atoms with Crippen molar-refractivity contribution < 1.29 is 19.0 Å². The third kappa shape index (κ3) is 4.23. The molecule has 2 aliphatic rings. The predicted octanol–water partition coefficient (Wildman–Crippen LogP) is 3.64. The summed E-state index contributed by atoms with van der Waals surface area (Å²) >= 11 is 0. The van der Waals surface area contributed by atoms with Gasteiger partial charge in [0.2, 0.25) is 5.88 Å². The van der Waals surface area contributed by atoms with Gasteiger partial charge in [0.1, 0.15) is 12.2 Å². The lowest BCUT2D eigenvalue weighted by Crippen LogP contribution is -2.38. The van der Waals surface area contributed by atoms with E-state index in [-0.39, 0.29) is 24.1 Å². The van der Waals surface area contributed by atoms with Gasteiger partial charge in [-0.3, -0.25) is 9.97 Å². The molecule has 178 valence electrons. The zero-order valence-electron chi connectivity index (χ0n) is 20.0. The second kappa shape index (κ2) is 8.60. The molecular weight excluding hydrogens is 432 g/mol. The van der Waals surface area contributed by atoms with Gasteiger partial charge < -0.3 is 19.9 Å². The molecule has 0 aromatic carbocycles. The average Bonchev–Trinajstić information content (AvgIpc) is 3.61. The normalized spacial score (nSPS) is 21.6. The molecule has 0 radical (unpaired) electrons. The van der Waals surface area contributed by atoms with E-state index >= 15 is 0 Å². The Hall–Kier alpha value is -3.10. The minimum atomic E-state index is -0.729. The summed E-state index contributed by atoms with van der Waals surface area (Å²) in [5.41, 5.74) is 9.77. The van der Waals surface area contributed by atoms with E-state index in [2.05, 4.69) is 4.98 Å². The third-order valence-electron chi connectivity index (χ3n) is 6.65. The van der Waals surface area contributed by atoms with Crippen LogP contribution in [0.25, 0.3) is 10.8 Å². The maximum absolute atomic E-state index is 12.2. The highest BCUT2D eigenvalue weighted by atomic mass is 16.5. The molecule has 4 heterocycles. The first-order valence-electron chi connectivity index (χ1n) is 11.7. The molecule has 0 saturated heterocycles. The van der Waals surface area contributed by atoms with Crippen LogP contribution in [0.5, 0.6) is 5.88 Å². The lowest BCUT2D eigenvalue weighted by atomic mass is 9.91. The van der Waals surface area contributed by atoms with Crippen LogP contribution < -0.4 is 10.5 Å². The topological polar surface area (TPSA) is 109 Å². The van der Waals surface area contributed by atoms with Gasteiger partial charge in [0.05, 0.1) is 28.8 Å². The molecule has 0 amide bonds. The summed E-state index contributed by atoms with van der Waals surface area (Å²) in [4.78, 5) is 26.3. The maximum Gasteiger partial charge on any atom is 0.340 e. The van der Waals surface area contributed by atoms with Gasteiger partial charge in [-0.2, -0.15) is 0 Å². The van der Waals surface area contributed by atoms with Crippen molar-refractivity contribution in [3.63, 3.8) is 0 Å². The van der Waals surface area contributed by atoms with Crippen molar-refractivity contribution in [2.75, 3.05) is 13.7 Å². The van der Waals surface area contributed by atoms with Gasteiger partial charge in [-0.15, -0.1) is 0 Å². The van der Waals surface area contributed by atoms with Crippen molar-refractivity contribution in [2.24, 2.45) is 5.73 Å².